The number of carbonyl (C=O) groups is 2. The van der Waals surface area contributed by atoms with E-state index in [1.807, 2.05) is 6.07 Å². The van der Waals surface area contributed by atoms with Gasteiger partial charge in [-0.3, -0.25) is 0 Å². The molecule has 21 heavy (non-hydrogen) atoms. The third-order valence-electron chi connectivity index (χ3n) is 2.66. The van der Waals surface area contributed by atoms with Crippen LogP contribution in [0.3, 0.4) is 0 Å². The Bertz CT molecular complexity index is 746. The number of hydrogen-bond acceptors (Lipinski definition) is 4. The summed E-state index contributed by atoms with van der Waals surface area (Å²) in [5.74, 6) is -1.09. The second-order valence-corrected chi connectivity index (χ2v) is 5.08. The minimum Gasteiger partial charge on any atom is -0.477 e. The van der Waals surface area contributed by atoms with Gasteiger partial charge in [-0.25, -0.2) is 9.59 Å². The molecule has 0 aliphatic rings. The lowest BCUT2D eigenvalue weighted by Crippen LogP contribution is -2.20. The zero-order valence-corrected chi connectivity index (χ0v) is 11.8. The van der Waals surface area contributed by atoms with Crippen molar-refractivity contribution in [2.75, 3.05) is 10.6 Å². The molecule has 0 saturated carbocycles. The van der Waals surface area contributed by atoms with Crippen LogP contribution >= 0.6 is 11.3 Å². The van der Waals surface area contributed by atoms with E-state index < -0.39 is 12.0 Å². The first-order valence-electron chi connectivity index (χ1n) is 5.91. The second-order valence-electron chi connectivity index (χ2n) is 4.20. The fourth-order valence-corrected chi connectivity index (χ4v) is 2.54. The monoisotopic (exact) mass is 301 g/mol. The molecule has 1 aromatic carbocycles. The quantitative estimate of drug-likeness (QED) is 0.809. The fourth-order valence-electron chi connectivity index (χ4n) is 1.70. The molecule has 2 amide bonds. The number of nitrogens with one attached hydrogen (secondary N) is 2. The van der Waals surface area contributed by atoms with E-state index in [-0.39, 0.29) is 10.6 Å². The molecule has 0 radical (unpaired) electrons. The summed E-state index contributed by atoms with van der Waals surface area (Å²) in [7, 11) is 0. The van der Waals surface area contributed by atoms with Crippen LogP contribution in [0, 0.1) is 18.3 Å². The molecule has 0 bridgehead atoms. The average Bonchev–Trinajstić information content (AvgIpc) is 2.80. The highest BCUT2D eigenvalue weighted by molar-refractivity contribution is 7.12. The number of carbonyl (C=O) groups excluding carboxylic acids is 1. The van der Waals surface area contributed by atoms with E-state index in [4.69, 9.17) is 10.4 Å². The van der Waals surface area contributed by atoms with Crippen molar-refractivity contribution in [3.63, 3.8) is 0 Å². The summed E-state index contributed by atoms with van der Waals surface area (Å²) in [4.78, 5) is 23.1. The Morgan fingerprint density at radius 2 is 2.10 bits per heavy atom. The first-order valence-corrected chi connectivity index (χ1v) is 6.78. The first kappa shape index (κ1) is 14.6. The summed E-state index contributed by atoms with van der Waals surface area (Å²) in [6.45, 7) is 1.72. The zero-order chi connectivity index (χ0) is 15.4. The van der Waals surface area contributed by atoms with Gasteiger partial charge in [0.15, 0.2) is 0 Å². The van der Waals surface area contributed by atoms with Crippen LogP contribution in [-0.2, 0) is 0 Å². The van der Waals surface area contributed by atoms with Crippen molar-refractivity contribution in [2.24, 2.45) is 0 Å². The van der Waals surface area contributed by atoms with Gasteiger partial charge in [0.2, 0.25) is 0 Å². The van der Waals surface area contributed by atoms with Crippen LogP contribution < -0.4 is 10.6 Å². The second kappa shape index (κ2) is 6.07. The Morgan fingerprint density at radius 1 is 1.33 bits per heavy atom. The molecule has 0 spiro atoms. The molecule has 2 aromatic rings. The number of carboxylic acids is 1. The van der Waals surface area contributed by atoms with Crippen molar-refractivity contribution in [2.45, 2.75) is 6.92 Å². The Labute approximate surface area is 124 Å². The summed E-state index contributed by atoms with van der Waals surface area (Å²) in [5, 5.41) is 24.6. The molecule has 6 nitrogen and oxygen atoms in total. The third-order valence-corrected chi connectivity index (χ3v) is 3.74. The molecule has 0 aliphatic heterocycles. The lowest BCUT2D eigenvalue weighted by molar-refractivity contribution is 0.0703. The van der Waals surface area contributed by atoms with Crippen molar-refractivity contribution in [1.29, 1.82) is 5.26 Å². The summed E-state index contributed by atoms with van der Waals surface area (Å²) in [6.07, 6.45) is 0. The number of nitriles is 1. The van der Waals surface area contributed by atoms with Gasteiger partial charge in [0, 0.05) is 5.69 Å². The normalized spacial score (nSPS) is 9.71. The van der Waals surface area contributed by atoms with Crippen molar-refractivity contribution in [3.8, 4) is 6.07 Å². The van der Waals surface area contributed by atoms with Crippen LogP contribution in [0.4, 0.5) is 16.2 Å². The summed E-state index contributed by atoms with van der Waals surface area (Å²) >= 11 is 1.05. The third kappa shape index (κ3) is 3.38. The number of nitrogens with zero attached hydrogens (tertiary/aromatic N) is 1. The molecular weight excluding hydrogens is 290 g/mol. The van der Waals surface area contributed by atoms with Crippen LogP contribution in [-0.4, -0.2) is 17.1 Å². The lowest BCUT2D eigenvalue weighted by Gasteiger charge is -2.08. The number of rotatable bonds is 3. The molecule has 0 aliphatic carbocycles. The van der Waals surface area contributed by atoms with E-state index >= 15 is 0 Å². The number of benzene rings is 1. The number of aryl methyl sites for hydroxylation is 1. The minimum atomic E-state index is -1.09. The highest BCUT2D eigenvalue weighted by atomic mass is 32.1. The van der Waals surface area contributed by atoms with Gasteiger partial charge in [-0.05, 0) is 36.1 Å². The van der Waals surface area contributed by atoms with Crippen LogP contribution in [0.1, 0.15) is 20.8 Å². The summed E-state index contributed by atoms with van der Waals surface area (Å²) in [6, 6.07) is 7.84. The predicted octanol–water partition coefficient (Wildman–Crippen LogP) is 3.27. The largest absolute Gasteiger partial charge is 0.477 e. The first-order chi connectivity index (χ1) is 10.0. The topological polar surface area (TPSA) is 102 Å². The number of aromatic carboxylic acids is 1. The van der Waals surface area contributed by atoms with E-state index in [0.29, 0.717) is 16.8 Å². The molecule has 0 unspecified atom stereocenters. The molecule has 1 heterocycles. The molecule has 7 heteroatoms. The number of urea groups is 1. The Balaban J connectivity index is 2.14. The summed E-state index contributed by atoms with van der Waals surface area (Å²) < 4.78 is 0. The standard InChI is InChI=1S/C14H11N3O3S/c1-8-7-21-12(13(18)19)11(8)17-14(20)16-10-4-2-3-9(5-10)6-15/h2-5,7H,1H3,(H,18,19)(H2,16,17,20). The van der Waals surface area contributed by atoms with E-state index in [1.54, 1.807) is 30.5 Å². The lowest BCUT2D eigenvalue weighted by atomic mass is 10.2. The van der Waals surface area contributed by atoms with Gasteiger partial charge >= 0.3 is 12.0 Å². The number of anilines is 2. The Kier molecular flexibility index (Phi) is 4.21. The smallest absolute Gasteiger partial charge is 0.348 e. The number of carboxylic acid groups (broad SMARTS) is 1. The number of thiophene rings is 1. The van der Waals surface area contributed by atoms with Crippen LogP contribution in [0.25, 0.3) is 0 Å². The highest BCUT2D eigenvalue weighted by Gasteiger charge is 2.17. The predicted molar refractivity (Wildman–Crippen MR) is 79.8 cm³/mol. The molecule has 0 fully saturated rings. The molecule has 0 atom stereocenters. The van der Waals surface area contributed by atoms with Crippen molar-refractivity contribution >= 4 is 34.7 Å². The van der Waals surface area contributed by atoms with Gasteiger partial charge in [-0.1, -0.05) is 6.07 Å². The van der Waals surface area contributed by atoms with Gasteiger partial charge in [0.25, 0.3) is 0 Å². The maximum atomic E-state index is 11.9. The molecule has 2 rings (SSSR count). The maximum absolute atomic E-state index is 11.9. The molecule has 1 aromatic heterocycles. The number of hydrogen-bond donors (Lipinski definition) is 3. The van der Waals surface area contributed by atoms with E-state index in [0.717, 1.165) is 11.3 Å². The van der Waals surface area contributed by atoms with Gasteiger partial charge in [0.1, 0.15) is 4.88 Å². The zero-order valence-electron chi connectivity index (χ0n) is 11.0. The van der Waals surface area contributed by atoms with Gasteiger partial charge in [0.05, 0.1) is 17.3 Å². The molecule has 3 N–H and O–H groups in total. The van der Waals surface area contributed by atoms with E-state index in [9.17, 15) is 9.59 Å². The van der Waals surface area contributed by atoms with Gasteiger partial charge in [-0.2, -0.15) is 5.26 Å². The Hall–Kier alpha value is -2.85. The maximum Gasteiger partial charge on any atom is 0.348 e. The molecule has 106 valence electrons. The highest BCUT2D eigenvalue weighted by Crippen LogP contribution is 2.27. The van der Waals surface area contributed by atoms with Gasteiger partial charge < -0.3 is 15.7 Å². The van der Waals surface area contributed by atoms with Crippen molar-refractivity contribution in [3.05, 3.63) is 45.6 Å². The van der Waals surface area contributed by atoms with Gasteiger partial charge in [-0.15, -0.1) is 11.3 Å². The van der Waals surface area contributed by atoms with E-state index in [1.165, 1.54) is 6.07 Å². The average molecular weight is 301 g/mol. The van der Waals surface area contributed by atoms with Crippen LogP contribution in [0.5, 0.6) is 0 Å². The molecular formula is C14H11N3O3S. The van der Waals surface area contributed by atoms with Crippen molar-refractivity contribution in [1.82, 2.24) is 0 Å². The van der Waals surface area contributed by atoms with E-state index in [2.05, 4.69) is 10.6 Å². The molecule has 0 saturated heterocycles. The van der Waals surface area contributed by atoms with Crippen LogP contribution in [0.15, 0.2) is 29.6 Å². The Morgan fingerprint density at radius 3 is 2.76 bits per heavy atom. The SMILES string of the molecule is Cc1csc(C(=O)O)c1NC(=O)Nc1cccc(C#N)c1. The number of amides is 2. The summed E-state index contributed by atoms with van der Waals surface area (Å²) in [5.41, 5.74) is 1.84. The van der Waals surface area contributed by atoms with Crippen molar-refractivity contribution < 1.29 is 14.7 Å². The van der Waals surface area contributed by atoms with Crippen LogP contribution in [0.2, 0.25) is 0 Å². The fraction of sp³-hybridized carbons (Fsp3) is 0.0714. The minimum absolute atomic E-state index is 0.0772.